The molecule has 3 nitrogen and oxygen atoms in total. The molecule has 1 saturated carbocycles. The zero-order valence-electron chi connectivity index (χ0n) is 9.93. The van der Waals surface area contributed by atoms with E-state index in [9.17, 15) is 10.2 Å². The van der Waals surface area contributed by atoms with Crippen molar-refractivity contribution in [3.05, 3.63) is 28.8 Å². The van der Waals surface area contributed by atoms with Crippen molar-refractivity contribution in [2.24, 2.45) is 5.92 Å². The molecule has 0 aliphatic heterocycles. The summed E-state index contributed by atoms with van der Waals surface area (Å²) >= 11 is 5.90. The lowest BCUT2D eigenvalue weighted by Gasteiger charge is -2.35. The summed E-state index contributed by atoms with van der Waals surface area (Å²) < 4.78 is 0. The van der Waals surface area contributed by atoms with Gasteiger partial charge in [-0.05, 0) is 37.0 Å². The number of benzene rings is 1. The van der Waals surface area contributed by atoms with Crippen LogP contribution in [0.1, 0.15) is 18.4 Å². The van der Waals surface area contributed by atoms with Crippen LogP contribution in [0.25, 0.3) is 0 Å². The second-order valence-electron chi connectivity index (χ2n) is 4.80. The van der Waals surface area contributed by atoms with Gasteiger partial charge in [0.1, 0.15) is 0 Å². The van der Waals surface area contributed by atoms with E-state index in [-0.39, 0.29) is 12.7 Å². The number of aliphatic hydroxyl groups is 2. The predicted molar refractivity (Wildman–Crippen MR) is 69.4 cm³/mol. The zero-order valence-corrected chi connectivity index (χ0v) is 10.7. The van der Waals surface area contributed by atoms with E-state index in [2.05, 4.69) is 4.90 Å². The minimum atomic E-state index is -0.115. The summed E-state index contributed by atoms with van der Waals surface area (Å²) in [4.78, 5) is 2.12. The van der Waals surface area contributed by atoms with E-state index in [1.54, 1.807) is 6.07 Å². The average molecular weight is 256 g/mol. The molecule has 0 radical (unpaired) electrons. The highest BCUT2D eigenvalue weighted by Crippen LogP contribution is 2.30. The van der Waals surface area contributed by atoms with Gasteiger partial charge in [0.15, 0.2) is 0 Å². The van der Waals surface area contributed by atoms with Gasteiger partial charge in [-0.3, -0.25) is 0 Å². The lowest BCUT2D eigenvalue weighted by Crippen LogP contribution is -2.37. The molecule has 0 bridgehead atoms. The van der Waals surface area contributed by atoms with Crippen LogP contribution in [0.5, 0.6) is 0 Å². The van der Waals surface area contributed by atoms with Crippen molar-refractivity contribution in [3.63, 3.8) is 0 Å². The second kappa shape index (κ2) is 5.25. The van der Waals surface area contributed by atoms with Gasteiger partial charge in [0.05, 0.1) is 12.7 Å². The lowest BCUT2D eigenvalue weighted by atomic mass is 9.82. The summed E-state index contributed by atoms with van der Waals surface area (Å²) in [5, 5.41) is 19.2. The van der Waals surface area contributed by atoms with Crippen molar-refractivity contribution >= 4 is 17.3 Å². The molecule has 2 N–H and O–H groups in total. The van der Waals surface area contributed by atoms with Gasteiger partial charge in [-0.25, -0.2) is 0 Å². The molecule has 0 spiro atoms. The third kappa shape index (κ3) is 2.92. The molecule has 0 saturated heterocycles. The fraction of sp³-hybridized carbons (Fsp3) is 0.538. The van der Waals surface area contributed by atoms with Crippen LogP contribution in [0, 0.1) is 5.92 Å². The van der Waals surface area contributed by atoms with Crippen molar-refractivity contribution in [1.29, 1.82) is 0 Å². The van der Waals surface area contributed by atoms with Crippen molar-refractivity contribution in [1.82, 2.24) is 0 Å². The molecule has 2 rings (SSSR count). The highest BCUT2D eigenvalue weighted by atomic mass is 35.5. The Bertz CT molecular complexity index is 391. The van der Waals surface area contributed by atoms with Crippen LogP contribution >= 0.6 is 11.6 Å². The van der Waals surface area contributed by atoms with Gasteiger partial charge < -0.3 is 15.1 Å². The first kappa shape index (κ1) is 12.7. The SMILES string of the molecule is CN(CC1CC(O)C1)c1ccc(Cl)cc1CO. The van der Waals surface area contributed by atoms with Gasteiger partial charge in [0.25, 0.3) is 0 Å². The van der Waals surface area contributed by atoms with Crippen LogP contribution in [0.3, 0.4) is 0 Å². The van der Waals surface area contributed by atoms with Crippen LogP contribution in [0.4, 0.5) is 5.69 Å². The fourth-order valence-corrected chi connectivity index (χ4v) is 2.58. The highest BCUT2D eigenvalue weighted by Gasteiger charge is 2.28. The first-order valence-electron chi connectivity index (χ1n) is 5.88. The number of aliphatic hydroxyl groups excluding tert-OH is 2. The first-order chi connectivity index (χ1) is 8.10. The molecule has 0 unspecified atom stereocenters. The smallest absolute Gasteiger partial charge is 0.0702 e. The van der Waals surface area contributed by atoms with E-state index in [0.717, 1.165) is 30.6 Å². The van der Waals surface area contributed by atoms with E-state index in [4.69, 9.17) is 11.6 Å². The third-order valence-corrected chi connectivity index (χ3v) is 3.60. The Labute approximate surface area is 107 Å². The van der Waals surface area contributed by atoms with Crippen molar-refractivity contribution in [3.8, 4) is 0 Å². The van der Waals surface area contributed by atoms with E-state index in [0.29, 0.717) is 10.9 Å². The average Bonchev–Trinajstić information content (AvgIpc) is 2.26. The van der Waals surface area contributed by atoms with E-state index in [1.165, 1.54) is 0 Å². The molecule has 1 aliphatic rings. The molecular weight excluding hydrogens is 238 g/mol. The molecule has 1 aliphatic carbocycles. The molecule has 0 heterocycles. The second-order valence-corrected chi connectivity index (χ2v) is 5.24. The molecule has 1 fully saturated rings. The highest BCUT2D eigenvalue weighted by molar-refractivity contribution is 6.30. The van der Waals surface area contributed by atoms with E-state index >= 15 is 0 Å². The molecule has 94 valence electrons. The van der Waals surface area contributed by atoms with Gasteiger partial charge in [-0.15, -0.1) is 0 Å². The number of anilines is 1. The Morgan fingerprint density at radius 1 is 1.41 bits per heavy atom. The standard InChI is InChI=1S/C13H18ClNO2/c1-15(7-9-4-12(17)5-9)13-3-2-11(14)6-10(13)8-16/h2-3,6,9,12,16-17H,4-5,7-8H2,1H3. The molecule has 0 atom stereocenters. The largest absolute Gasteiger partial charge is 0.393 e. The summed E-state index contributed by atoms with van der Waals surface area (Å²) in [7, 11) is 2.01. The molecule has 17 heavy (non-hydrogen) atoms. The molecule has 1 aromatic carbocycles. The normalized spacial score (nSPS) is 23.3. The van der Waals surface area contributed by atoms with Gasteiger partial charge in [-0.1, -0.05) is 11.6 Å². The minimum Gasteiger partial charge on any atom is -0.393 e. The Kier molecular flexibility index (Phi) is 3.92. The summed E-state index contributed by atoms with van der Waals surface area (Å²) in [6.45, 7) is 0.902. The van der Waals surface area contributed by atoms with Crippen molar-refractivity contribution in [2.75, 3.05) is 18.5 Å². The van der Waals surface area contributed by atoms with E-state index in [1.807, 2.05) is 19.2 Å². The molecular formula is C13H18ClNO2. The Balaban J connectivity index is 2.05. The summed E-state index contributed by atoms with van der Waals surface area (Å²) in [5.41, 5.74) is 1.86. The van der Waals surface area contributed by atoms with Crippen LogP contribution < -0.4 is 4.90 Å². The summed E-state index contributed by atoms with van der Waals surface area (Å²) in [5.74, 6) is 0.553. The Hall–Kier alpha value is -0.770. The zero-order chi connectivity index (χ0) is 12.4. The Morgan fingerprint density at radius 3 is 2.71 bits per heavy atom. The topological polar surface area (TPSA) is 43.7 Å². The predicted octanol–water partition coefficient (Wildman–Crippen LogP) is 2.04. The number of hydrogen-bond donors (Lipinski definition) is 2. The van der Waals surface area contributed by atoms with Gasteiger partial charge >= 0.3 is 0 Å². The number of rotatable bonds is 4. The fourth-order valence-electron chi connectivity index (χ4n) is 2.39. The Morgan fingerprint density at radius 2 is 2.12 bits per heavy atom. The van der Waals surface area contributed by atoms with Crippen LogP contribution in [0.15, 0.2) is 18.2 Å². The van der Waals surface area contributed by atoms with Crippen LogP contribution in [0.2, 0.25) is 5.02 Å². The summed E-state index contributed by atoms with van der Waals surface area (Å²) in [6, 6.07) is 5.56. The molecule has 0 aromatic heterocycles. The van der Waals surface area contributed by atoms with Gasteiger partial charge in [-0.2, -0.15) is 0 Å². The van der Waals surface area contributed by atoms with Crippen molar-refractivity contribution in [2.45, 2.75) is 25.6 Å². The maximum Gasteiger partial charge on any atom is 0.0702 e. The van der Waals surface area contributed by atoms with Gasteiger partial charge in [0, 0.05) is 29.9 Å². The van der Waals surface area contributed by atoms with Gasteiger partial charge in [0.2, 0.25) is 0 Å². The first-order valence-corrected chi connectivity index (χ1v) is 6.26. The minimum absolute atomic E-state index is 0.00642. The number of halogens is 1. The number of hydrogen-bond acceptors (Lipinski definition) is 3. The van der Waals surface area contributed by atoms with E-state index < -0.39 is 0 Å². The van der Waals surface area contributed by atoms with Crippen molar-refractivity contribution < 1.29 is 10.2 Å². The quantitative estimate of drug-likeness (QED) is 0.865. The molecule has 4 heteroatoms. The van der Waals surface area contributed by atoms with Crippen LogP contribution in [-0.4, -0.2) is 29.9 Å². The maximum absolute atomic E-state index is 9.31. The monoisotopic (exact) mass is 255 g/mol. The third-order valence-electron chi connectivity index (χ3n) is 3.37. The molecule has 1 aromatic rings. The summed E-state index contributed by atoms with van der Waals surface area (Å²) in [6.07, 6.45) is 1.65. The maximum atomic E-state index is 9.31. The molecule has 0 amide bonds. The number of nitrogens with zero attached hydrogens (tertiary/aromatic N) is 1. The lowest BCUT2D eigenvalue weighted by molar-refractivity contribution is 0.0464. The van der Waals surface area contributed by atoms with Crippen LogP contribution in [-0.2, 0) is 6.61 Å².